The summed E-state index contributed by atoms with van der Waals surface area (Å²) in [5, 5.41) is 20.0. The van der Waals surface area contributed by atoms with Crippen LogP contribution in [0.1, 0.15) is 123 Å². The van der Waals surface area contributed by atoms with Crippen molar-refractivity contribution in [2.75, 3.05) is 13.2 Å². The first-order valence-electron chi connectivity index (χ1n) is 15.9. The van der Waals surface area contributed by atoms with Crippen molar-refractivity contribution in [3.63, 3.8) is 0 Å². The van der Waals surface area contributed by atoms with Gasteiger partial charge < -0.3 is 19.7 Å². The van der Waals surface area contributed by atoms with Gasteiger partial charge in [-0.05, 0) is 44.9 Å². The van der Waals surface area contributed by atoms with Crippen LogP contribution in [0.15, 0.2) is 60.8 Å². The lowest BCUT2D eigenvalue weighted by atomic mass is 10.1. The Hall–Kier alpha value is -2.44. The number of carbonyl (C=O) groups is 2. The molecule has 2 atom stereocenters. The summed E-state index contributed by atoms with van der Waals surface area (Å²) in [6, 6.07) is 0. The lowest BCUT2D eigenvalue weighted by Crippen LogP contribution is -2.25. The van der Waals surface area contributed by atoms with Gasteiger partial charge in [0.1, 0.15) is 19.3 Å². The van der Waals surface area contributed by atoms with Gasteiger partial charge in [0.25, 0.3) is 0 Å². The molecule has 0 spiro atoms. The molecule has 0 heterocycles. The number of aliphatic hydroxyl groups is 2. The van der Waals surface area contributed by atoms with E-state index < -0.39 is 18.2 Å². The average Bonchev–Trinajstić information content (AvgIpc) is 2.96. The minimum absolute atomic E-state index is 0.153. The van der Waals surface area contributed by atoms with Crippen molar-refractivity contribution in [3.8, 4) is 0 Å². The van der Waals surface area contributed by atoms with E-state index in [9.17, 15) is 19.8 Å². The SMILES string of the molecule is CC/C=C\C/C=C\C/C=C\C/C=C\C=C\C(O)CCCC(=O)OC[C@H](O)COC(=O)CCCCCCCCCCC. The number of rotatable bonds is 27. The second-order valence-electron chi connectivity index (χ2n) is 10.4. The minimum Gasteiger partial charge on any atom is -0.463 e. The second kappa shape index (κ2) is 30.5. The third-order valence-electron chi connectivity index (χ3n) is 6.37. The Kier molecular flexibility index (Phi) is 28.7. The maximum absolute atomic E-state index is 11.9. The highest BCUT2D eigenvalue weighted by Crippen LogP contribution is 2.11. The quantitative estimate of drug-likeness (QED) is 0.0444. The molecule has 0 aliphatic carbocycles. The molecule has 0 saturated carbocycles. The fraction of sp³-hybridized carbons (Fsp3) is 0.657. The van der Waals surface area contributed by atoms with E-state index in [-0.39, 0.29) is 25.6 Å². The Morgan fingerprint density at radius 1 is 0.610 bits per heavy atom. The number of ether oxygens (including phenoxy) is 2. The van der Waals surface area contributed by atoms with Crippen molar-refractivity contribution in [2.24, 2.45) is 0 Å². The molecule has 0 amide bonds. The molecule has 41 heavy (non-hydrogen) atoms. The van der Waals surface area contributed by atoms with Crippen molar-refractivity contribution in [1.29, 1.82) is 0 Å². The molecule has 0 saturated heterocycles. The zero-order valence-electron chi connectivity index (χ0n) is 25.9. The Bertz CT molecular complexity index is 765. The topological polar surface area (TPSA) is 93.1 Å². The smallest absolute Gasteiger partial charge is 0.305 e. The van der Waals surface area contributed by atoms with Gasteiger partial charge in [0, 0.05) is 12.8 Å². The van der Waals surface area contributed by atoms with E-state index in [0.29, 0.717) is 19.3 Å². The van der Waals surface area contributed by atoms with E-state index >= 15 is 0 Å². The summed E-state index contributed by atoms with van der Waals surface area (Å²) in [7, 11) is 0. The predicted molar refractivity (Wildman–Crippen MR) is 169 cm³/mol. The van der Waals surface area contributed by atoms with Gasteiger partial charge in [-0.3, -0.25) is 9.59 Å². The van der Waals surface area contributed by atoms with Crippen LogP contribution < -0.4 is 0 Å². The number of unbranched alkanes of at least 4 members (excludes halogenated alkanes) is 8. The largest absolute Gasteiger partial charge is 0.463 e. The van der Waals surface area contributed by atoms with Crippen LogP contribution in [-0.4, -0.2) is 47.6 Å². The standard InChI is InChI=1S/C35H58O6/c1-3-5-7-9-11-13-14-15-16-18-19-21-23-26-32(36)27-25-29-35(39)41-31-33(37)30-40-34(38)28-24-22-20-17-12-10-8-6-4-2/h5,7,11,13,15-16,19,21,23,26,32-33,36-37H,3-4,6,8-10,12,14,17-18,20,22,24-25,27-31H2,1-2H3/b7-5-,13-11-,16-15-,21-19-,26-23+/t32?,33-/m1/s1. The molecule has 2 N–H and O–H groups in total. The molecule has 6 nitrogen and oxygen atoms in total. The Balaban J connectivity index is 3.73. The maximum atomic E-state index is 11.9. The highest BCUT2D eigenvalue weighted by atomic mass is 16.6. The summed E-state index contributed by atoms with van der Waals surface area (Å²) in [6.45, 7) is 3.96. The molecule has 0 aromatic heterocycles. The Morgan fingerprint density at radius 3 is 1.66 bits per heavy atom. The average molecular weight is 575 g/mol. The molecule has 1 unspecified atom stereocenters. The van der Waals surface area contributed by atoms with Crippen LogP contribution >= 0.6 is 0 Å². The molecule has 6 heteroatoms. The summed E-state index contributed by atoms with van der Waals surface area (Å²) < 4.78 is 10.1. The predicted octanol–water partition coefficient (Wildman–Crippen LogP) is 8.25. The molecule has 234 valence electrons. The van der Waals surface area contributed by atoms with Gasteiger partial charge in [0.05, 0.1) is 6.10 Å². The Morgan fingerprint density at radius 2 is 1.10 bits per heavy atom. The molecule has 0 aromatic carbocycles. The molecular formula is C35H58O6. The van der Waals surface area contributed by atoms with E-state index in [2.05, 4.69) is 50.3 Å². The fourth-order valence-electron chi connectivity index (χ4n) is 3.94. The molecule has 0 rings (SSSR count). The first-order valence-corrected chi connectivity index (χ1v) is 15.9. The number of aliphatic hydroxyl groups excluding tert-OH is 2. The lowest BCUT2D eigenvalue weighted by Gasteiger charge is -2.12. The molecule has 0 radical (unpaired) electrons. The summed E-state index contributed by atoms with van der Waals surface area (Å²) in [4.78, 5) is 23.7. The van der Waals surface area contributed by atoms with Crippen LogP contribution in [0, 0.1) is 0 Å². The minimum atomic E-state index is -1.04. The van der Waals surface area contributed by atoms with Gasteiger partial charge in [-0.1, -0.05) is 126 Å². The van der Waals surface area contributed by atoms with Gasteiger partial charge in [0.15, 0.2) is 0 Å². The zero-order chi connectivity index (χ0) is 30.2. The van der Waals surface area contributed by atoms with E-state index in [1.807, 2.05) is 18.2 Å². The first kappa shape index (κ1) is 38.6. The van der Waals surface area contributed by atoms with Crippen LogP contribution in [0.3, 0.4) is 0 Å². The zero-order valence-corrected chi connectivity index (χ0v) is 25.9. The summed E-state index contributed by atoms with van der Waals surface area (Å²) >= 11 is 0. The van der Waals surface area contributed by atoms with Crippen LogP contribution in [0.5, 0.6) is 0 Å². The number of hydrogen-bond acceptors (Lipinski definition) is 6. The van der Waals surface area contributed by atoms with Crippen molar-refractivity contribution in [1.82, 2.24) is 0 Å². The summed E-state index contributed by atoms with van der Waals surface area (Å²) in [5.41, 5.74) is 0. The van der Waals surface area contributed by atoms with Crippen LogP contribution in [-0.2, 0) is 19.1 Å². The number of carbonyl (C=O) groups excluding carboxylic acids is 2. The number of esters is 2. The third-order valence-corrected chi connectivity index (χ3v) is 6.37. The second-order valence-corrected chi connectivity index (χ2v) is 10.4. The molecule has 0 aliphatic rings. The monoisotopic (exact) mass is 574 g/mol. The van der Waals surface area contributed by atoms with Crippen molar-refractivity contribution < 1.29 is 29.3 Å². The van der Waals surface area contributed by atoms with Crippen molar-refractivity contribution in [2.45, 2.75) is 135 Å². The van der Waals surface area contributed by atoms with Gasteiger partial charge in [-0.2, -0.15) is 0 Å². The van der Waals surface area contributed by atoms with Crippen molar-refractivity contribution >= 4 is 11.9 Å². The van der Waals surface area contributed by atoms with E-state index in [4.69, 9.17) is 9.47 Å². The highest BCUT2D eigenvalue weighted by Gasteiger charge is 2.12. The normalized spacial score (nSPS) is 13.8. The van der Waals surface area contributed by atoms with E-state index in [1.54, 1.807) is 6.08 Å². The summed E-state index contributed by atoms with van der Waals surface area (Å²) in [5.74, 6) is -0.772. The maximum Gasteiger partial charge on any atom is 0.305 e. The van der Waals surface area contributed by atoms with Crippen molar-refractivity contribution in [3.05, 3.63) is 60.8 Å². The Labute approximate surface area is 250 Å². The molecule has 0 fully saturated rings. The van der Waals surface area contributed by atoms with Crippen LogP contribution in [0.2, 0.25) is 0 Å². The van der Waals surface area contributed by atoms with Crippen LogP contribution in [0.4, 0.5) is 0 Å². The molecule has 0 aromatic rings. The van der Waals surface area contributed by atoms with Gasteiger partial charge in [0.2, 0.25) is 0 Å². The van der Waals surface area contributed by atoms with Crippen LogP contribution in [0.25, 0.3) is 0 Å². The van der Waals surface area contributed by atoms with E-state index in [0.717, 1.165) is 44.9 Å². The fourth-order valence-corrected chi connectivity index (χ4v) is 3.94. The summed E-state index contributed by atoms with van der Waals surface area (Å²) in [6.07, 6.45) is 34.5. The van der Waals surface area contributed by atoms with E-state index in [1.165, 1.54) is 38.5 Å². The van der Waals surface area contributed by atoms with Gasteiger partial charge >= 0.3 is 11.9 Å². The van der Waals surface area contributed by atoms with Gasteiger partial charge in [-0.25, -0.2) is 0 Å². The highest BCUT2D eigenvalue weighted by molar-refractivity contribution is 5.69. The molecular weight excluding hydrogens is 516 g/mol. The molecule has 0 aliphatic heterocycles. The number of allylic oxidation sites excluding steroid dienone is 9. The lowest BCUT2D eigenvalue weighted by molar-refractivity contribution is -0.152. The third kappa shape index (κ3) is 30.3. The number of hydrogen-bond donors (Lipinski definition) is 2. The molecule has 0 bridgehead atoms. The van der Waals surface area contributed by atoms with Gasteiger partial charge in [-0.15, -0.1) is 0 Å². The first-order chi connectivity index (χ1) is 20.0.